The van der Waals surface area contributed by atoms with E-state index in [-0.39, 0.29) is 18.2 Å². The molecule has 0 aromatic heterocycles. The first-order valence-electron chi connectivity index (χ1n) is 7.00. The lowest BCUT2D eigenvalue weighted by atomic mass is 9.93. The van der Waals surface area contributed by atoms with Crippen LogP contribution in [0.5, 0.6) is 0 Å². The third-order valence-corrected chi connectivity index (χ3v) is 3.52. The molecule has 1 aliphatic carbocycles. The van der Waals surface area contributed by atoms with Crippen LogP contribution in [0.15, 0.2) is 30.3 Å². The van der Waals surface area contributed by atoms with Gasteiger partial charge in [0.2, 0.25) is 0 Å². The molecule has 4 heteroatoms. The highest BCUT2D eigenvalue weighted by Crippen LogP contribution is 2.17. The van der Waals surface area contributed by atoms with E-state index in [0.717, 1.165) is 25.7 Å². The number of hydrogen-bond donors (Lipinski definition) is 3. The minimum atomic E-state index is -0.261. The van der Waals surface area contributed by atoms with Crippen LogP contribution in [0.3, 0.4) is 0 Å². The van der Waals surface area contributed by atoms with Crippen LogP contribution in [0.1, 0.15) is 31.2 Å². The predicted octanol–water partition coefficient (Wildman–Crippen LogP) is 1.83. The van der Waals surface area contributed by atoms with Gasteiger partial charge < -0.3 is 15.7 Å². The van der Waals surface area contributed by atoms with Crippen LogP contribution in [-0.2, 0) is 6.42 Å². The lowest BCUT2D eigenvalue weighted by molar-refractivity contribution is 0.113. The molecule has 0 saturated heterocycles. The van der Waals surface area contributed by atoms with Crippen LogP contribution in [0.4, 0.5) is 4.79 Å². The Hall–Kier alpha value is -1.55. The standard InChI is InChI=1S/C15H22N2O2/c18-14-8-4-7-13(11-14)17-15(19)16-10-9-12-5-2-1-3-6-12/h1-3,5-6,13-14,18H,4,7-11H2,(H2,16,17,19)/t13-,14-/m1/s1. The highest BCUT2D eigenvalue weighted by atomic mass is 16.3. The maximum absolute atomic E-state index is 11.7. The molecule has 2 atom stereocenters. The van der Waals surface area contributed by atoms with Gasteiger partial charge in [0, 0.05) is 12.6 Å². The molecule has 0 heterocycles. The molecular weight excluding hydrogens is 240 g/mol. The van der Waals surface area contributed by atoms with Gasteiger partial charge in [0.25, 0.3) is 0 Å². The molecule has 1 aromatic rings. The molecule has 0 radical (unpaired) electrons. The van der Waals surface area contributed by atoms with Gasteiger partial charge in [0.15, 0.2) is 0 Å². The molecule has 0 spiro atoms. The van der Waals surface area contributed by atoms with E-state index in [1.54, 1.807) is 0 Å². The number of benzene rings is 1. The Balaban J connectivity index is 1.64. The van der Waals surface area contributed by atoms with Gasteiger partial charge in [-0.3, -0.25) is 0 Å². The summed E-state index contributed by atoms with van der Waals surface area (Å²) in [4.78, 5) is 11.7. The number of amides is 2. The fourth-order valence-electron chi connectivity index (χ4n) is 2.50. The van der Waals surface area contributed by atoms with Crippen LogP contribution in [0.2, 0.25) is 0 Å². The lowest BCUT2D eigenvalue weighted by Gasteiger charge is -2.26. The Morgan fingerprint density at radius 1 is 1.26 bits per heavy atom. The third-order valence-electron chi connectivity index (χ3n) is 3.52. The second-order valence-corrected chi connectivity index (χ2v) is 5.15. The van der Waals surface area contributed by atoms with E-state index in [0.29, 0.717) is 13.0 Å². The van der Waals surface area contributed by atoms with E-state index >= 15 is 0 Å². The van der Waals surface area contributed by atoms with E-state index in [1.807, 2.05) is 18.2 Å². The molecule has 0 unspecified atom stereocenters. The van der Waals surface area contributed by atoms with Gasteiger partial charge >= 0.3 is 6.03 Å². The first kappa shape index (κ1) is 13.9. The number of urea groups is 1. The van der Waals surface area contributed by atoms with Crippen molar-refractivity contribution in [3.05, 3.63) is 35.9 Å². The topological polar surface area (TPSA) is 61.4 Å². The SMILES string of the molecule is O=C(NCCc1ccccc1)N[C@@H]1CCC[C@@H](O)C1. The van der Waals surface area contributed by atoms with Crippen molar-refractivity contribution >= 4 is 6.03 Å². The van der Waals surface area contributed by atoms with Crippen LogP contribution >= 0.6 is 0 Å². The van der Waals surface area contributed by atoms with Crippen molar-refractivity contribution in [1.82, 2.24) is 10.6 Å². The quantitative estimate of drug-likeness (QED) is 0.775. The van der Waals surface area contributed by atoms with Crippen LogP contribution in [0, 0.1) is 0 Å². The highest BCUT2D eigenvalue weighted by molar-refractivity contribution is 5.74. The molecule has 1 aliphatic rings. The highest BCUT2D eigenvalue weighted by Gasteiger charge is 2.21. The fourth-order valence-corrected chi connectivity index (χ4v) is 2.50. The smallest absolute Gasteiger partial charge is 0.315 e. The molecule has 1 saturated carbocycles. The largest absolute Gasteiger partial charge is 0.393 e. The summed E-state index contributed by atoms with van der Waals surface area (Å²) in [5.74, 6) is 0. The van der Waals surface area contributed by atoms with Crippen molar-refractivity contribution in [2.75, 3.05) is 6.54 Å². The zero-order valence-electron chi connectivity index (χ0n) is 11.1. The van der Waals surface area contributed by atoms with Gasteiger partial charge in [-0.1, -0.05) is 30.3 Å². The first-order chi connectivity index (χ1) is 9.24. The van der Waals surface area contributed by atoms with Crippen molar-refractivity contribution in [1.29, 1.82) is 0 Å². The molecular formula is C15H22N2O2. The van der Waals surface area contributed by atoms with E-state index in [9.17, 15) is 9.90 Å². The summed E-state index contributed by atoms with van der Waals surface area (Å²) in [5.41, 5.74) is 1.22. The lowest BCUT2D eigenvalue weighted by Crippen LogP contribution is -2.45. The van der Waals surface area contributed by atoms with Crippen molar-refractivity contribution in [2.24, 2.45) is 0 Å². The zero-order valence-corrected chi connectivity index (χ0v) is 11.1. The number of carbonyl (C=O) groups is 1. The third kappa shape index (κ3) is 4.91. The van der Waals surface area contributed by atoms with Gasteiger partial charge in [-0.25, -0.2) is 4.79 Å². The maximum Gasteiger partial charge on any atom is 0.315 e. The van der Waals surface area contributed by atoms with Gasteiger partial charge in [0.1, 0.15) is 0 Å². The Morgan fingerprint density at radius 2 is 2.05 bits per heavy atom. The second-order valence-electron chi connectivity index (χ2n) is 5.15. The fraction of sp³-hybridized carbons (Fsp3) is 0.533. The summed E-state index contributed by atoms with van der Waals surface area (Å²) in [5, 5.41) is 15.3. The molecule has 3 N–H and O–H groups in total. The van der Waals surface area contributed by atoms with Gasteiger partial charge in [-0.05, 0) is 37.7 Å². The molecule has 1 aromatic carbocycles. The summed E-state index contributed by atoms with van der Waals surface area (Å²) in [6, 6.07) is 10.1. The molecule has 19 heavy (non-hydrogen) atoms. The Morgan fingerprint density at radius 3 is 2.79 bits per heavy atom. The van der Waals surface area contributed by atoms with Crippen LogP contribution < -0.4 is 10.6 Å². The van der Waals surface area contributed by atoms with E-state index < -0.39 is 0 Å². The Bertz CT molecular complexity index is 394. The van der Waals surface area contributed by atoms with E-state index in [4.69, 9.17) is 0 Å². The molecule has 2 amide bonds. The summed E-state index contributed by atoms with van der Waals surface area (Å²) in [6.07, 6.45) is 4.05. The number of hydrogen-bond acceptors (Lipinski definition) is 2. The van der Waals surface area contributed by atoms with Crippen molar-refractivity contribution in [3.8, 4) is 0 Å². The monoisotopic (exact) mass is 262 g/mol. The Kier molecular flexibility index (Phi) is 5.21. The number of aliphatic hydroxyl groups excluding tert-OH is 1. The number of aliphatic hydroxyl groups is 1. The number of nitrogens with one attached hydrogen (secondary N) is 2. The minimum absolute atomic E-state index is 0.112. The average Bonchev–Trinajstić information content (AvgIpc) is 2.40. The summed E-state index contributed by atoms with van der Waals surface area (Å²) in [6.45, 7) is 0.630. The molecule has 1 fully saturated rings. The average molecular weight is 262 g/mol. The van der Waals surface area contributed by atoms with Crippen molar-refractivity contribution in [3.63, 3.8) is 0 Å². The van der Waals surface area contributed by atoms with Crippen molar-refractivity contribution < 1.29 is 9.90 Å². The maximum atomic E-state index is 11.7. The molecule has 4 nitrogen and oxygen atoms in total. The molecule has 0 bridgehead atoms. The van der Waals surface area contributed by atoms with Crippen LogP contribution in [-0.4, -0.2) is 29.8 Å². The van der Waals surface area contributed by atoms with Gasteiger partial charge in [-0.15, -0.1) is 0 Å². The summed E-state index contributed by atoms with van der Waals surface area (Å²) in [7, 11) is 0. The van der Waals surface area contributed by atoms with E-state index in [1.165, 1.54) is 5.56 Å². The molecule has 0 aliphatic heterocycles. The summed E-state index contributed by atoms with van der Waals surface area (Å²) >= 11 is 0. The van der Waals surface area contributed by atoms with Gasteiger partial charge in [0.05, 0.1) is 6.10 Å². The predicted molar refractivity (Wildman–Crippen MR) is 74.9 cm³/mol. The number of rotatable bonds is 4. The molecule has 2 rings (SSSR count). The normalized spacial score (nSPS) is 22.8. The van der Waals surface area contributed by atoms with E-state index in [2.05, 4.69) is 22.8 Å². The van der Waals surface area contributed by atoms with Crippen molar-refractivity contribution in [2.45, 2.75) is 44.2 Å². The van der Waals surface area contributed by atoms with Crippen LogP contribution in [0.25, 0.3) is 0 Å². The number of carbonyl (C=O) groups excluding carboxylic acids is 1. The molecule has 104 valence electrons. The zero-order chi connectivity index (χ0) is 13.5. The minimum Gasteiger partial charge on any atom is -0.393 e. The Labute approximate surface area is 114 Å². The van der Waals surface area contributed by atoms with Gasteiger partial charge in [-0.2, -0.15) is 0 Å². The first-order valence-corrected chi connectivity index (χ1v) is 7.00. The second kappa shape index (κ2) is 7.14. The summed E-state index contributed by atoms with van der Waals surface area (Å²) < 4.78 is 0.